The van der Waals surface area contributed by atoms with E-state index in [0.29, 0.717) is 18.2 Å². The molecule has 1 aliphatic carbocycles. The molecule has 0 spiro atoms. The Kier molecular flexibility index (Phi) is 9.26. The Hall–Kier alpha value is -3.88. The number of hydrogen-bond donors (Lipinski definition) is 2. The molecule has 0 bridgehead atoms. The zero-order chi connectivity index (χ0) is 33.3. The van der Waals surface area contributed by atoms with Gasteiger partial charge in [0.25, 0.3) is 15.9 Å². The van der Waals surface area contributed by atoms with Crippen LogP contribution < -0.4 is 19.7 Å². The number of amides is 1. The van der Waals surface area contributed by atoms with Crippen molar-refractivity contribution in [2.75, 3.05) is 23.4 Å². The van der Waals surface area contributed by atoms with Gasteiger partial charge in [0.2, 0.25) is 5.88 Å². The van der Waals surface area contributed by atoms with Crippen molar-refractivity contribution in [3.63, 3.8) is 0 Å². The number of rotatable bonds is 13. The van der Waals surface area contributed by atoms with Crippen LogP contribution in [0.5, 0.6) is 5.88 Å². The van der Waals surface area contributed by atoms with Crippen molar-refractivity contribution < 1.29 is 31.1 Å². The van der Waals surface area contributed by atoms with E-state index in [9.17, 15) is 26.4 Å². The average Bonchev–Trinajstić information content (AvgIpc) is 3.56. The Morgan fingerprint density at radius 1 is 1.11 bits per heavy atom. The summed E-state index contributed by atoms with van der Waals surface area (Å²) in [6, 6.07) is 9.07. The van der Waals surface area contributed by atoms with Gasteiger partial charge in [-0.3, -0.25) is 4.79 Å². The van der Waals surface area contributed by atoms with Gasteiger partial charge in [0, 0.05) is 30.4 Å². The van der Waals surface area contributed by atoms with E-state index in [0.717, 1.165) is 25.7 Å². The molecule has 1 saturated heterocycles. The normalized spacial score (nSPS) is 18.8. The largest absolute Gasteiger partial charge is 0.477 e. The highest BCUT2D eigenvalue weighted by atomic mass is 32.2. The number of carbonyl (C=O) groups excluding carboxylic acids is 1. The zero-order valence-electron chi connectivity index (χ0n) is 26.4. The molecular formula is C31H40F3N7O4S. The molecule has 4 heterocycles. The van der Waals surface area contributed by atoms with E-state index in [1.165, 1.54) is 28.9 Å². The van der Waals surface area contributed by atoms with Crippen molar-refractivity contribution in [2.24, 2.45) is 5.41 Å². The molecule has 1 atom stereocenters. The van der Waals surface area contributed by atoms with Gasteiger partial charge in [-0.15, -0.1) is 5.10 Å². The van der Waals surface area contributed by atoms with Crippen molar-refractivity contribution in [3.05, 3.63) is 48.2 Å². The summed E-state index contributed by atoms with van der Waals surface area (Å²) in [6.07, 6.45) is 0.879. The molecule has 2 aliphatic rings. The molecule has 5 rings (SSSR count). The SMILES string of the molecule is CCCCNc1cccc(S(=O)(=O)NC(=O)c2ccc(-n3ccc(OCCC4(C(F)(F)F)CC4)n3)nc2N2C(C)CCC2(C)C)n1. The summed E-state index contributed by atoms with van der Waals surface area (Å²) in [5.74, 6) is 0.266. The summed E-state index contributed by atoms with van der Waals surface area (Å²) in [6.45, 7) is 8.61. The fraction of sp³-hybridized carbons (Fsp3) is 0.548. The lowest BCUT2D eigenvalue weighted by molar-refractivity contribution is -0.190. The summed E-state index contributed by atoms with van der Waals surface area (Å²) in [5.41, 5.74) is -2.01. The summed E-state index contributed by atoms with van der Waals surface area (Å²) in [4.78, 5) is 24.6. The Morgan fingerprint density at radius 2 is 1.87 bits per heavy atom. The highest BCUT2D eigenvalue weighted by molar-refractivity contribution is 7.90. The number of alkyl halides is 3. The number of pyridine rings is 2. The smallest absolute Gasteiger partial charge is 0.394 e. The topological polar surface area (TPSA) is 131 Å². The van der Waals surface area contributed by atoms with Crippen LogP contribution in [0, 0.1) is 5.41 Å². The lowest BCUT2D eigenvalue weighted by Crippen LogP contribution is -2.44. The van der Waals surface area contributed by atoms with Crippen molar-refractivity contribution >= 4 is 27.6 Å². The van der Waals surface area contributed by atoms with Gasteiger partial charge >= 0.3 is 6.18 Å². The minimum absolute atomic E-state index is 0.00616. The predicted octanol–water partition coefficient (Wildman–Crippen LogP) is 5.87. The first-order chi connectivity index (χ1) is 21.7. The van der Waals surface area contributed by atoms with Crippen LogP contribution in [0.15, 0.2) is 47.6 Å². The maximum atomic E-state index is 13.6. The van der Waals surface area contributed by atoms with Crippen molar-refractivity contribution in [2.45, 2.75) is 95.4 Å². The van der Waals surface area contributed by atoms with Crippen molar-refractivity contribution in [1.82, 2.24) is 24.5 Å². The van der Waals surface area contributed by atoms with E-state index >= 15 is 0 Å². The Morgan fingerprint density at radius 3 is 2.52 bits per heavy atom. The molecule has 2 fully saturated rings. The standard InChI is InChI=1S/C31H40F3N7O4S/c1-5-6-18-35-23-8-7-9-26(36-23)46(43,44)39-28(42)22-10-11-24(37-27(22)41-21(2)12-14-29(41,3)4)40-19-13-25(38-40)45-20-17-30(15-16-30)31(32,33)34/h7-11,13,19,21H,5-6,12,14-18,20H2,1-4H3,(H,35,36)(H,39,42). The first-order valence-corrected chi connectivity index (χ1v) is 17.0. The minimum atomic E-state index is -4.33. The van der Waals surface area contributed by atoms with Gasteiger partial charge in [-0.25, -0.2) is 19.4 Å². The molecule has 1 aliphatic heterocycles. The average molecular weight is 664 g/mol. The maximum Gasteiger partial charge on any atom is 0.394 e. The Balaban J connectivity index is 1.39. The zero-order valence-corrected chi connectivity index (χ0v) is 27.2. The van der Waals surface area contributed by atoms with E-state index in [2.05, 4.69) is 20.1 Å². The van der Waals surface area contributed by atoms with Crippen LogP contribution in [0.1, 0.15) is 83.0 Å². The maximum absolute atomic E-state index is 13.6. The van der Waals surface area contributed by atoms with Gasteiger partial charge < -0.3 is 15.0 Å². The highest BCUT2D eigenvalue weighted by Gasteiger charge is 2.62. The van der Waals surface area contributed by atoms with E-state index in [1.807, 2.05) is 32.6 Å². The molecular weight excluding hydrogens is 623 g/mol. The summed E-state index contributed by atoms with van der Waals surface area (Å²) < 4.78 is 75.5. The number of ether oxygens (including phenoxy) is 1. The number of nitrogens with one attached hydrogen (secondary N) is 2. The van der Waals surface area contributed by atoms with Crippen molar-refractivity contribution in [1.29, 1.82) is 0 Å². The van der Waals surface area contributed by atoms with Crippen LogP contribution in [0.25, 0.3) is 5.82 Å². The molecule has 250 valence electrons. The van der Waals surface area contributed by atoms with Crippen LogP contribution in [0.4, 0.5) is 24.8 Å². The summed E-state index contributed by atoms with van der Waals surface area (Å²) >= 11 is 0. The van der Waals surface area contributed by atoms with Gasteiger partial charge in [-0.05, 0) is 83.6 Å². The molecule has 11 nitrogen and oxygen atoms in total. The molecule has 46 heavy (non-hydrogen) atoms. The third kappa shape index (κ3) is 7.08. The third-order valence-corrected chi connectivity index (χ3v) is 9.98. The summed E-state index contributed by atoms with van der Waals surface area (Å²) in [5, 5.41) is 7.13. The van der Waals surface area contributed by atoms with Gasteiger partial charge in [-0.2, -0.15) is 21.6 Å². The first-order valence-electron chi connectivity index (χ1n) is 15.5. The van der Waals surface area contributed by atoms with Crippen LogP contribution >= 0.6 is 0 Å². The Labute approximate surface area is 267 Å². The molecule has 0 radical (unpaired) electrons. The van der Waals surface area contributed by atoms with Crippen LogP contribution in [0.2, 0.25) is 0 Å². The number of sulfonamides is 1. The molecule has 3 aromatic heterocycles. The van der Waals surface area contributed by atoms with Gasteiger partial charge in [0.1, 0.15) is 11.6 Å². The molecule has 2 N–H and O–H groups in total. The number of halogens is 3. The van der Waals surface area contributed by atoms with E-state index in [4.69, 9.17) is 9.72 Å². The second kappa shape index (κ2) is 12.7. The number of unbranched alkanes of at least 4 members (excludes halogenated alkanes) is 1. The second-order valence-corrected chi connectivity index (χ2v) is 14.3. The lowest BCUT2D eigenvalue weighted by Gasteiger charge is -2.37. The Bertz CT molecular complexity index is 1670. The second-order valence-electron chi connectivity index (χ2n) is 12.7. The van der Waals surface area contributed by atoms with E-state index in [-0.39, 0.29) is 54.2 Å². The first kappa shape index (κ1) is 33.5. The number of hydrogen-bond acceptors (Lipinski definition) is 9. The summed E-state index contributed by atoms with van der Waals surface area (Å²) in [7, 11) is -4.33. The monoisotopic (exact) mass is 663 g/mol. The van der Waals surface area contributed by atoms with E-state index < -0.39 is 33.1 Å². The fourth-order valence-corrected chi connectivity index (χ4v) is 6.74. The minimum Gasteiger partial charge on any atom is -0.477 e. The predicted molar refractivity (Wildman–Crippen MR) is 167 cm³/mol. The van der Waals surface area contributed by atoms with Crippen LogP contribution in [-0.2, 0) is 10.0 Å². The van der Waals surface area contributed by atoms with Crippen LogP contribution in [0.3, 0.4) is 0 Å². The molecule has 1 saturated carbocycles. The molecule has 0 aromatic carbocycles. The lowest BCUT2D eigenvalue weighted by atomic mass is 10.0. The molecule has 3 aromatic rings. The molecule has 1 amide bonds. The molecule has 15 heteroatoms. The highest BCUT2D eigenvalue weighted by Crippen LogP contribution is 2.59. The fourth-order valence-electron chi connectivity index (χ4n) is 5.80. The van der Waals surface area contributed by atoms with Gasteiger partial charge in [0.15, 0.2) is 10.8 Å². The number of anilines is 2. The quantitative estimate of drug-likeness (QED) is 0.216. The number of nitrogens with zero attached hydrogens (tertiary/aromatic N) is 5. The molecule has 1 unspecified atom stereocenters. The number of aromatic nitrogens is 4. The van der Waals surface area contributed by atoms with Crippen molar-refractivity contribution in [3.8, 4) is 11.7 Å². The van der Waals surface area contributed by atoms with Gasteiger partial charge in [-0.1, -0.05) is 19.4 Å². The van der Waals surface area contributed by atoms with Gasteiger partial charge in [0.05, 0.1) is 17.6 Å². The number of carbonyl (C=O) groups is 1. The van der Waals surface area contributed by atoms with Crippen LogP contribution in [-0.4, -0.2) is 65.0 Å². The van der Waals surface area contributed by atoms with E-state index in [1.54, 1.807) is 18.3 Å². The third-order valence-electron chi connectivity index (χ3n) is 8.75.